The first-order chi connectivity index (χ1) is 9.74. The Hall–Kier alpha value is -1.46. The second-order valence-electron chi connectivity index (χ2n) is 5.18. The quantitative estimate of drug-likeness (QED) is 0.593. The Morgan fingerprint density at radius 3 is 2.30 bits per heavy atom. The van der Waals surface area contributed by atoms with Crippen molar-refractivity contribution in [2.75, 3.05) is 21.3 Å². The van der Waals surface area contributed by atoms with E-state index >= 15 is 0 Å². The fourth-order valence-electron chi connectivity index (χ4n) is 2.75. The summed E-state index contributed by atoms with van der Waals surface area (Å²) < 4.78 is 16.2. The van der Waals surface area contributed by atoms with Gasteiger partial charge in [-0.1, -0.05) is 19.3 Å². The van der Waals surface area contributed by atoms with Crippen LogP contribution in [0.3, 0.4) is 0 Å². The largest absolute Gasteiger partial charge is 0.493 e. The molecule has 0 spiro atoms. The van der Waals surface area contributed by atoms with Gasteiger partial charge in [0.05, 0.1) is 27.4 Å². The Bertz CT molecular complexity index is 447. The summed E-state index contributed by atoms with van der Waals surface area (Å²) >= 11 is 0. The van der Waals surface area contributed by atoms with Crippen molar-refractivity contribution < 1.29 is 14.2 Å². The Balaban J connectivity index is 2.32. The van der Waals surface area contributed by atoms with Crippen molar-refractivity contribution in [3.05, 3.63) is 17.7 Å². The third-order valence-electron chi connectivity index (χ3n) is 4.11. The number of hydrogen-bond acceptors (Lipinski definition) is 5. The number of nitrogens with two attached hydrogens (primary N) is 1. The third-order valence-corrected chi connectivity index (χ3v) is 4.11. The SMILES string of the molecule is COc1ccc(C(CC2CCC2)NN)c(OC)c1OC. The van der Waals surface area contributed by atoms with Crippen LogP contribution in [0.15, 0.2) is 12.1 Å². The van der Waals surface area contributed by atoms with Crippen LogP contribution in [0, 0.1) is 5.92 Å². The summed E-state index contributed by atoms with van der Waals surface area (Å²) in [6.45, 7) is 0. The van der Waals surface area contributed by atoms with Crippen LogP contribution in [0.5, 0.6) is 17.2 Å². The smallest absolute Gasteiger partial charge is 0.203 e. The number of hydrogen-bond donors (Lipinski definition) is 2. The molecular formula is C15H24N2O3. The molecule has 0 heterocycles. The molecule has 0 bridgehead atoms. The zero-order valence-corrected chi connectivity index (χ0v) is 12.4. The highest BCUT2D eigenvalue weighted by Gasteiger charge is 2.26. The standard InChI is InChI=1S/C15H24N2O3/c1-18-13-8-7-11(14(19-2)15(13)20-3)12(17-16)9-10-5-4-6-10/h7-8,10,12,17H,4-6,9,16H2,1-3H3. The van der Waals surface area contributed by atoms with Gasteiger partial charge in [-0.2, -0.15) is 0 Å². The summed E-state index contributed by atoms with van der Waals surface area (Å²) in [5.41, 5.74) is 3.92. The van der Waals surface area contributed by atoms with Crippen molar-refractivity contribution in [3.8, 4) is 17.2 Å². The maximum absolute atomic E-state index is 5.74. The van der Waals surface area contributed by atoms with Crippen molar-refractivity contribution in [3.63, 3.8) is 0 Å². The minimum atomic E-state index is 0.0649. The minimum absolute atomic E-state index is 0.0649. The van der Waals surface area contributed by atoms with Gasteiger partial charge in [-0.15, -0.1) is 0 Å². The van der Waals surface area contributed by atoms with Gasteiger partial charge in [0, 0.05) is 5.56 Å². The van der Waals surface area contributed by atoms with Crippen LogP contribution in [0.2, 0.25) is 0 Å². The summed E-state index contributed by atoms with van der Waals surface area (Å²) in [6.07, 6.45) is 4.91. The lowest BCUT2D eigenvalue weighted by molar-refractivity contribution is 0.257. The normalized spacial score (nSPS) is 16.4. The molecule has 0 aromatic heterocycles. The molecule has 0 radical (unpaired) electrons. The molecule has 1 atom stereocenters. The molecule has 1 aliphatic carbocycles. The van der Waals surface area contributed by atoms with Gasteiger partial charge in [-0.05, 0) is 24.5 Å². The second kappa shape index (κ2) is 6.81. The average molecular weight is 280 g/mol. The van der Waals surface area contributed by atoms with Gasteiger partial charge in [0.25, 0.3) is 0 Å². The molecule has 1 aromatic rings. The molecule has 1 unspecified atom stereocenters. The summed E-state index contributed by atoms with van der Waals surface area (Å²) in [7, 11) is 4.86. The maximum Gasteiger partial charge on any atom is 0.203 e. The summed E-state index contributed by atoms with van der Waals surface area (Å²) in [4.78, 5) is 0. The van der Waals surface area contributed by atoms with Gasteiger partial charge < -0.3 is 14.2 Å². The van der Waals surface area contributed by atoms with E-state index in [1.165, 1.54) is 19.3 Å². The van der Waals surface area contributed by atoms with E-state index in [4.69, 9.17) is 20.1 Å². The Kier molecular flexibility index (Phi) is 5.09. The van der Waals surface area contributed by atoms with Crippen molar-refractivity contribution >= 4 is 0 Å². The molecule has 0 aliphatic heterocycles. The summed E-state index contributed by atoms with van der Waals surface area (Å²) in [5.74, 6) is 8.45. The van der Waals surface area contributed by atoms with Gasteiger partial charge in [-0.3, -0.25) is 11.3 Å². The van der Waals surface area contributed by atoms with E-state index in [1.54, 1.807) is 21.3 Å². The topological polar surface area (TPSA) is 65.7 Å². The molecule has 3 N–H and O–H groups in total. The predicted molar refractivity (Wildman–Crippen MR) is 78.1 cm³/mol. The fourth-order valence-corrected chi connectivity index (χ4v) is 2.75. The lowest BCUT2D eigenvalue weighted by Crippen LogP contribution is -2.31. The Labute approximate surface area is 120 Å². The van der Waals surface area contributed by atoms with Crippen LogP contribution in [-0.4, -0.2) is 21.3 Å². The van der Waals surface area contributed by atoms with Crippen LogP contribution in [0.4, 0.5) is 0 Å². The van der Waals surface area contributed by atoms with E-state index in [9.17, 15) is 0 Å². The van der Waals surface area contributed by atoms with E-state index in [2.05, 4.69) is 5.43 Å². The van der Waals surface area contributed by atoms with E-state index in [-0.39, 0.29) is 6.04 Å². The minimum Gasteiger partial charge on any atom is -0.493 e. The highest BCUT2D eigenvalue weighted by molar-refractivity contribution is 5.56. The van der Waals surface area contributed by atoms with Crippen molar-refractivity contribution in [2.24, 2.45) is 11.8 Å². The first-order valence-corrected chi connectivity index (χ1v) is 7.00. The molecule has 5 nitrogen and oxygen atoms in total. The maximum atomic E-state index is 5.74. The molecule has 2 rings (SSSR count). The highest BCUT2D eigenvalue weighted by Crippen LogP contribution is 2.44. The summed E-state index contributed by atoms with van der Waals surface area (Å²) in [6, 6.07) is 3.95. The van der Waals surface area contributed by atoms with Gasteiger partial charge >= 0.3 is 0 Å². The molecule has 112 valence electrons. The number of nitrogens with one attached hydrogen (secondary N) is 1. The van der Waals surface area contributed by atoms with Gasteiger partial charge in [0.1, 0.15) is 0 Å². The van der Waals surface area contributed by atoms with E-state index in [0.29, 0.717) is 17.2 Å². The number of hydrazine groups is 1. The number of benzene rings is 1. The molecule has 20 heavy (non-hydrogen) atoms. The molecule has 0 amide bonds. The Morgan fingerprint density at radius 1 is 1.15 bits per heavy atom. The first-order valence-electron chi connectivity index (χ1n) is 7.00. The van der Waals surface area contributed by atoms with Crippen molar-refractivity contribution in [1.82, 2.24) is 5.43 Å². The number of ether oxygens (including phenoxy) is 3. The second-order valence-corrected chi connectivity index (χ2v) is 5.18. The number of rotatable bonds is 7. The molecule has 1 aromatic carbocycles. The lowest BCUT2D eigenvalue weighted by Gasteiger charge is -2.30. The number of methoxy groups -OCH3 is 3. The van der Waals surface area contributed by atoms with Crippen LogP contribution < -0.4 is 25.5 Å². The van der Waals surface area contributed by atoms with E-state index < -0.39 is 0 Å². The zero-order valence-electron chi connectivity index (χ0n) is 12.4. The van der Waals surface area contributed by atoms with E-state index in [0.717, 1.165) is 17.9 Å². The molecule has 1 saturated carbocycles. The molecular weight excluding hydrogens is 256 g/mol. The molecule has 1 fully saturated rings. The Morgan fingerprint density at radius 2 is 1.85 bits per heavy atom. The molecule has 1 aliphatic rings. The fraction of sp³-hybridized carbons (Fsp3) is 0.600. The predicted octanol–water partition coefficient (Wildman–Crippen LogP) is 2.41. The van der Waals surface area contributed by atoms with Crippen molar-refractivity contribution in [1.29, 1.82) is 0 Å². The van der Waals surface area contributed by atoms with Crippen LogP contribution in [0.1, 0.15) is 37.3 Å². The van der Waals surface area contributed by atoms with E-state index in [1.807, 2.05) is 12.1 Å². The third kappa shape index (κ3) is 2.83. The monoisotopic (exact) mass is 280 g/mol. The molecule has 5 heteroatoms. The highest BCUT2D eigenvalue weighted by atomic mass is 16.5. The van der Waals surface area contributed by atoms with Crippen LogP contribution >= 0.6 is 0 Å². The van der Waals surface area contributed by atoms with Gasteiger partial charge in [0.15, 0.2) is 11.5 Å². The first kappa shape index (κ1) is 14.9. The van der Waals surface area contributed by atoms with Crippen LogP contribution in [0.25, 0.3) is 0 Å². The zero-order chi connectivity index (χ0) is 14.5. The lowest BCUT2D eigenvalue weighted by atomic mass is 9.79. The van der Waals surface area contributed by atoms with Gasteiger partial charge in [0.2, 0.25) is 5.75 Å². The average Bonchev–Trinajstić information content (AvgIpc) is 2.44. The van der Waals surface area contributed by atoms with Gasteiger partial charge in [-0.25, -0.2) is 0 Å². The van der Waals surface area contributed by atoms with Crippen LogP contribution in [-0.2, 0) is 0 Å². The summed E-state index contributed by atoms with van der Waals surface area (Å²) in [5, 5.41) is 0. The molecule has 0 saturated heterocycles. The van der Waals surface area contributed by atoms with Crippen molar-refractivity contribution in [2.45, 2.75) is 31.7 Å².